The molecule has 2 aliphatic heterocycles. The van der Waals surface area contributed by atoms with E-state index in [-0.39, 0.29) is 10.8 Å². The lowest BCUT2D eigenvalue weighted by Gasteiger charge is -2.25. The predicted molar refractivity (Wildman–Crippen MR) is 105 cm³/mol. The summed E-state index contributed by atoms with van der Waals surface area (Å²) in [6.07, 6.45) is 1.47. The molecule has 28 heavy (non-hydrogen) atoms. The summed E-state index contributed by atoms with van der Waals surface area (Å²) < 4.78 is 33.8. The van der Waals surface area contributed by atoms with Gasteiger partial charge in [-0.15, -0.1) is 4.40 Å². The quantitative estimate of drug-likeness (QED) is 0.849. The molecule has 0 aliphatic carbocycles. The molecule has 2 aromatic carbocycles. The molecule has 1 N–H and O–H groups in total. The Morgan fingerprint density at radius 3 is 2.71 bits per heavy atom. The van der Waals surface area contributed by atoms with Gasteiger partial charge in [-0.2, -0.15) is 8.42 Å². The third kappa shape index (κ3) is 3.35. The first-order valence-electron chi connectivity index (χ1n) is 9.11. The van der Waals surface area contributed by atoms with Gasteiger partial charge in [-0.25, -0.2) is 0 Å². The second-order valence-corrected chi connectivity index (χ2v) is 8.38. The van der Waals surface area contributed by atoms with Crippen LogP contribution in [0.15, 0.2) is 57.8 Å². The topological polar surface area (TPSA) is 88.1 Å². The number of amides is 1. The lowest BCUT2D eigenvalue weighted by Crippen LogP contribution is -2.45. The van der Waals surface area contributed by atoms with Crippen LogP contribution in [-0.4, -0.2) is 44.8 Å². The van der Waals surface area contributed by atoms with Crippen molar-refractivity contribution in [1.82, 2.24) is 10.2 Å². The molecule has 1 atom stereocenters. The number of nitrogens with zero attached hydrogens (tertiary/aromatic N) is 2. The second kappa shape index (κ2) is 7.27. The SMILES string of the molecule is COc1ccc(CNC(=O)[C@H]2CCCN2C2=NS(=O)(=O)c3ccccc32)cc1. The molecule has 0 unspecified atom stereocenters. The fourth-order valence-corrected chi connectivity index (χ4v) is 4.86. The highest BCUT2D eigenvalue weighted by Crippen LogP contribution is 2.31. The van der Waals surface area contributed by atoms with Gasteiger partial charge in [0.25, 0.3) is 10.0 Å². The fraction of sp³-hybridized carbons (Fsp3) is 0.300. The minimum absolute atomic E-state index is 0.127. The maximum atomic E-state index is 12.8. The average Bonchev–Trinajstić information content (AvgIpc) is 3.29. The highest BCUT2D eigenvalue weighted by molar-refractivity contribution is 7.90. The minimum atomic E-state index is -3.70. The van der Waals surface area contributed by atoms with Gasteiger partial charge in [-0.05, 0) is 42.7 Å². The summed E-state index contributed by atoms with van der Waals surface area (Å²) in [5.74, 6) is 1.01. The molecule has 2 aliphatic rings. The van der Waals surface area contributed by atoms with Crippen molar-refractivity contribution in [2.24, 2.45) is 4.40 Å². The van der Waals surface area contributed by atoms with Crippen molar-refractivity contribution in [3.05, 3.63) is 59.7 Å². The lowest BCUT2D eigenvalue weighted by atomic mass is 10.1. The lowest BCUT2D eigenvalue weighted by molar-refractivity contribution is -0.124. The molecule has 0 radical (unpaired) electrons. The average molecular weight is 399 g/mol. The van der Waals surface area contributed by atoms with E-state index in [1.807, 2.05) is 29.2 Å². The number of carbonyl (C=O) groups excluding carboxylic acids is 1. The molecule has 1 amide bonds. The standard InChI is InChI=1S/C20H21N3O4S/c1-27-15-10-8-14(9-11-15)13-21-20(24)17-6-4-12-23(17)19-16-5-2-3-7-18(16)28(25,26)22-19/h2-3,5,7-11,17H,4,6,12-13H2,1H3,(H,21,24)/t17-/m1/s1. The van der Waals surface area contributed by atoms with Crippen LogP contribution in [0.3, 0.4) is 0 Å². The van der Waals surface area contributed by atoms with Crippen LogP contribution in [0.1, 0.15) is 24.0 Å². The number of nitrogens with one attached hydrogen (secondary N) is 1. The zero-order chi connectivity index (χ0) is 19.7. The van der Waals surface area contributed by atoms with E-state index >= 15 is 0 Å². The molecule has 7 nitrogen and oxygen atoms in total. The van der Waals surface area contributed by atoms with E-state index in [9.17, 15) is 13.2 Å². The number of rotatable bonds is 4. The Balaban J connectivity index is 1.50. The molecule has 4 rings (SSSR count). The third-order valence-electron chi connectivity index (χ3n) is 5.07. The number of carbonyl (C=O) groups is 1. The van der Waals surface area contributed by atoms with Gasteiger partial charge in [-0.3, -0.25) is 4.79 Å². The van der Waals surface area contributed by atoms with Gasteiger partial charge in [0.05, 0.1) is 7.11 Å². The van der Waals surface area contributed by atoms with Gasteiger partial charge in [0.15, 0.2) is 5.84 Å². The summed E-state index contributed by atoms with van der Waals surface area (Å²) in [5, 5.41) is 2.95. The Morgan fingerprint density at radius 2 is 1.96 bits per heavy atom. The molecule has 1 saturated heterocycles. The van der Waals surface area contributed by atoms with E-state index < -0.39 is 16.1 Å². The molecule has 2 heterocycles. The highest BCUT2D eigenvalue weighted by atomic mass is 32.2. The third-order valence-corrected chi connectivity index (χ3v) is 6.39. The molecule has 2 aromatic rings. The number of hydrogen-bond donors (Lipinski definition) is 1. The zero-order valence-corrected chi connectivity index (χ0v) is 16.3. The first-order valence-corrected chi connectivity index (χ1v) is 10.6. The van der Waals surface area contributed by atoms with Crippen molar-refractivity contribution >= 4 is 21.8 Å². The van der Waals surface area contributed by atoms with Gasteiger partial charge in [0.2, 0.25) is 5.91 Å². The van der Waals surface area contributed by atoms with Gasteiger partial charge < -0.3 is 15.0 Å². The molecule has 0 aromatic heterocycles. The van der Waals surface area contributed by atoms with Crippen LogP contribution in [0.5, 0.6) is 5.75 Å². The summed E-state index contributed by atoms with van der Waals surface area (Å²) in [4.78, 5) is 14.8. The molecular formula is C20H21N3O4S. The van der Waals surface area contributed by atoms with E-state index in [2.05, 4.69) is 9.71 Å². The number of sulfonamides is 1. The number of methoxy groups -OCH3 is 1. The van der Waals surface area contributed by atoms with Crippen LogP contribution in [-0.2, 0) is 21.4 Å². The first kappa shape index (κ1) is 18.5. The van der Waals surface area contributed by atoms with Crippen molar-refractivity contribution in [3.63, 3.8) is 0 Å². The maximum Gasteiger partial charge on any atom is 0.285 e. The number of ether oxygens (including phenoxy) is 1. The summed E-state index contributed by atoms with van der Waals surface area (Å²) in [7, 11) is -2.09. The second-order valence-electron chi connectivity index (χ2n) is 6.80. The summed E-state index contributed by atoms with van der Waals surface area (Å²) in [6.45, 7) is 0.998. The van der Waals surface area contributed by atoms with Crippen molar-refractivity contribution in [2.45, 2.75) is 30.3 Å². The van der Waals surface area contributed by atoms with E-state index in [4.69, 9.17) is 4.74 Å². The number of amidine groups is 1. The fourth-order valence-electron chi connectivity index (χ4n) is 3.64. The molecule has 0 bridgehead atoms. The Morgan fingerprint density at radius 1 is 1.21 bits per heavy atom. The van der Waals surface area contributed by atoms with Crippen LogP contribution in [0.25, 0.3) is 0 Å². The summed E-state index contributed by atoms with van der Waals surface area (Å²) in [5.41, 5.74) is 1.53. The van der Waals surface area contributed by atoms with E-state index in [1.165, 1.54) is 0 Å². The molecule has 146 valence electrons. The van der Waals surface area contributed by atoms with Crippen LogP contribution in [0.2, 0.25) is 0 Å². The van der Waals surface area contributed by atoms with E-state index in [1.54, 1.807) is 31.4 Å². The van der Waals surface area contributed by atoms with Crippen LogP contribution in [0, 0.1) is 0 Å². The Kier molecular flexibility index (Phi) is 4.80. The van der Waals surface area contributed by atoms with Crippen molar-refractivity contribution < 1.29 is 17.9 Å². The van der Waals surface area contributed by atoms with Gasteiger partial charge >= 0.3 is 0 Å². The van der Waals surface area contributed by atoms with Gasteiger partial charge in [-0.1, -0.05) is 24.3 Å². The molecule has 0 saturated carbocycles. The number of fused-ring (bicyclic) bond motifs is 1. The number of benzene rings is 2. The zero-order valence-electron chi connectivity index (χ0n) is 15.5. The number of likely N-dealkylation sites (tertiary alicyclic amines) is 1. The normalized spacial score (nSPS) is 19.8. The molecule has 8 heteroatoms. The smallest absolute Gasteiger partial charge is 0.285 e. The molecule has 0 spiro atoms. The van der Waals surface area contributed by atoms with Gasteiger partial charge in [0.1, 0.15) is 16.7 Å². The molecule has 1 fully saturated rings. The minimum Gasteiger partial charge on any atom is -0.497 e. The first-order chi connectivity index (χ1) is 13.5. The Hall–Kier alpha value is -2.87. The maximum absolute atomic E-state index is 12.8. The predicted octanol–water partition coefficient (Wildman–Crippen LogP) is 1.92. The van der Waals surface area contributed by atoms with Crippen molar-refractivity contribution in [1.29, 1.82) is 0 Å². The summed E-state index contributed by atoms with van der Waals surface area (Å²) >= 11 is 0. The Bertz CT molecular complexity index is 1030. The highest BCUT2D eigenvalue weighted by Gasteiger charge is 2.39. The van der Waals surface area contributed by atoms with E-state index in [0.717, 1.165) is 17.7 Å². The van der Waals surface area contributed by atoms with Crippen LogP contribution in [0.4, 0.5) is 0 Å². The molecular weight excluding hydrogens is 378 g/mol. The Labute approximate surface area is 164 Å². The monoisotopic (exact) mass is 399 g/mol. The largest absolute Gasteiger partial charge is 0.497 e. The van der Waals surface area contributed by atoms with Crippen LogP contribution < -0.4 is 10.1 Å². The van der Waals surface area contributed by atoms with Crippen molar-refractivity contribution in [2.75, 3.05) is 13.7 Å². The van der Waals surface area contributed by atoms with Crippen molar-refractivity contribution in [3.8, 4) is 5.75 Å². The van der Waals surface area contributed by atoms with Crippen LogP contribution >= 0.6 is 0 Å². The summed E-state index contributed by atoms with van der Waals surface area (Å²) in [6, 6.07) is 13.8. The van der Waals surface area contributed by atoms with E-state index in [0.29, 0.717) is 30.9 Å². The number of hydrogen-bond acceptors (Lipinski definition) is 5. The van der Waals surface area contributed by atoms with Gasteiger partial charge in [0, 0.05) is 18.7 Å².